The lowest BCUT2D eigenvalue weighted by molar-refractivity contribution is 0.0998. The van der Waals surface area contributed by atoms with Gasteiger partial charge in [-0.15, -0.1) is 0 Å². The molecule has 3 rings (SSSR count). The number of nitrogens with one attached hydrogen (secondary N) is 1. The smallest absolute Gasteiger partial charge is 0.291 e. The Morgan fingerprint density at radius 2 is 1.87 bits per heavy atom. The maximum atomic E-state index is 12.6. The van der Waals surface area contributed by atoms with Gasteiger partial charge < -0.3 is 9.73 Å². The third-order valence-electron chi connectivity index (χ3n) is 4.26. The van der Waals surface area contributed by atoms with Gasteiger partial charge in [-0.25, -0.2) is 0 Å². The number of para-hydroxylation sites is 1. The van der Waals surface area contributed by atoms with Crippen molar-refractivity contribution in [2.24, 2.45) is 0 Å². The van der Waals surface area contributed by atoms with Crippen LogP contribution in [0.3, 0.4) is 0 Å². The molecule has 3 aromatic rings. The van der Waals surface area contributed by atoms with Crippen LogP contribution in [0.5, 0.6) is 0 Å². The summed E-state index contributed by atoms with van der Waals surface area (Å²) in [6.07, 6.45) is 1.83. The van der Waals surface area contributed by atoms with Gasteiger partial charge in [0.15, 0.2) is 5.76 Å². The van der Waals surface area contributed by atoms with E-state index in [9.17, 15) is 4.79 Å². The number of hydrogen-bond donors (Lipinski definition) is 1. The fourth-order valence-corrected chi connectivity index (χ4v) is 2.83. The van der Waals surface area contributed by atoms with E-state index < -0.39 is 0 Å². The summed E-state index contributed by atoms with van der Waals surface area (Å²) in [5, 5.41) is 3.99. The van der Waals surface area contributed by atoms with Gasteiger partial charge in [0, 0.05) is 16.6 Å². The lowest BCUT2D eigenvalue weighted by Crippen LogP contribution is -2.13. The van der Waals surface area contributed by atoms with Gasteiger partial charge in [0.1, 0.15) is 5.58 Å². The molecule has 1 aromatic heterocycles. The average molecular weight is 307 g/mol. The maximum Gasteiger partial charge on any atom is 0.291 e. The van der Waals surface area contributed by atoms with Crippen LogP contribution in [0.25, 0.3) is 11.0 Å². The summed E-state index contributed by atoms with van der Waals surface area (Å²) in [6, 6.07) is 13.9. The Bertz CT molecular complexity index is 861. The molecule has 0 spiro atoms. The zero-order valence-corrected chi connectivity index (χ0v) is 13.8. The molecule has 0 saturated carbocycles. The predicted octanol–water partition coefficient (Wildman–Crippen LogP) is 5.12. The fourth-order valence-electron chi connectivity index (χ4n) is 2.83. The van der Waals surface area contributed by atoms with Gasteiger partial charge in [-0.3, -0.25) is 4.79 Å². The highest BCUT2D eigenvalue weighted by molar-refractivity contribution is 6.06. The molecule has 23 heavy (non-hydrogen) atoms. The van der Waals surface area contributed by atoms with E-state index in [2.05, 4.69) is 25.2 Å². The Hall–Kier alpha value is -2.55. The maximum absolute atomic E-state index is 12.6. The summed E-state index contributed by atoms with van der Waals surface area (Å²) < 4.78 is 5.79. The molecule has 0 unspecified atom stereocenters. The number of fused-ring (bicyclic) bond motifs is 1. The van der Waals surface area contributed by atoms with Crippen molar-refractivity contribution < 1.29 is 9.21 Å². The van der Waals surface area contributed by atoms with Gasteiger partial charge in [0.25, 0.3) is 5.91 Å². The van der Waals surface area contributed by atoms with E-state index >= 15 is 0 Å². The second kappa shape index (κ2) is 6.29. The number of anilines is 1. The lowest BCUT2D eigenvalue weighted by atomic mass is 10.1. The van der Waals surface area contributed by atoms with Crippen LogP contribution in [0, 0.1) is 6.92 Å². The van der Waals surface area contributed by atoms with E-state index in [4.69, 9.17) is 4.42 Å². The van der Waals surface area contributed by atoms with Gasteiger partial charge >= 0.3 is 0 Å². The van der Waals surface area contributed by atoms with Crippen LogP contribution in [0.15, 0.2) is 46.9 Å². The number of rotatable bonds is 4. The van der Waals surface area contributed by atoms with Crippen molar-refractivity contribution in [1.82, 2.24) is 0 Å². The Balaban J connectivity index is 1.96. The second-order valence-electron chi connectivity index (χ2n) is 5.71. The molecule has 0 aliphatic heterocycles. The van der Waals surface area contributed by atoms with Gasteiger partial charge in [-0.2, -0.15) is 0 Å². The molecule has 0 aliphatic carbocycles. The summed E-state index contributed by atoms with van der Waals surface area (Å²) in [7, 11) is 0. The van der Waals surface area contributed by atoms with Crippen LogP contribution in [0.2, 0.25) is 0 Å². The zero-order chi connectivity index (χ0) is 16.4. The van der Waals surface area contributed by atoms with Crippen molar-refractivity contribution >= 4 is 22.6 Å². The minimum absolute atomic E-state index is 0.197. The fraction of sp³-hybridized carbons (Fsp3) is 0.250. The highest BCUT2D eigenvalue weighted by atomic mass is 16.3. The molecule has 0 fully saturated rings. The molecule has 118 valence electrons. The normalized spacial score (nSPS) is 10.9. The molecule has 3 heteroatoms. The van der Waals surface area contributed by atoms with Crippen molar-refractivity contribution in [2.75, 3.05) is 5.32 Å². The van der Waals surface area contributed by atoms with Gasteiger partial charge in [-0.05, 0) is 49.1 Å². The van der Waals surface area contributed by atoms with Crippen LogP contribution in [-0.4, -0.2) is 5.91 Å². The molecule has 0 atom stereocenters. The van der Waals surface area contributed by atoms with Crippen molar-refractivity contribution in [3.8, 4) is 0 Å². The van der Waals surface area contributed by atoms with Crippen LogP contribution in [-0.2, 0) is 12.8 Å². The van der Waals surface area contributed by atoms with Crippen molar-refractivity contribution in [3.63, 3.8) is 0 Å². The monoisotopic (exact) mass is 307 g/mol. The van der Waals surface area contributed by atoms with E-state index in [0.717, 1.165) is 40.6 Å². The van der Waals surface area contributed by atoms with Crippen molar-refractivity contribution in [3.05, 3.63) is 64.9 Å². The third-order valence-corrected chi connectivity index (χ3v) is 4.26. The predicted molar refractivity (Wildman–Crippen MR) is 94.1 cm³/mol. The molecule has 0 radical (unpaired) electrons. The number of hydrogen-bond acceptors (Lipinski definition) is 2. The molecule has 0 bridgehead atoms. The first-order valence-corrected chi connectivity index (χ1v) is 8.05. The standard InChI is InChI=1S/C20H21NO2/c1-4-14-10-11-18-16(12-14)13(3)19(23-18)20(22)21-17-9-7-6-8-15(17)5-2/h6-12H,4-5H2,1-3H3,(H,21,22). The summed E-state index contributed by atoms with van der Waals surface area (Å²) >= 11 is 0. The molecular formula is C20H21NO2. The second-order valence-corrected chi connectivity index (χ2v) is 5.71. The molecule has 1 heterocycles. The van der Waals surface area contributed by atoms with Crippen molar-refractivity contribution in [1.29, 1.82) is 0 Å². The Kier molecular flexibility index (Phi) is 4.20. The van der Waals surface area contributed by atoms with Crippen LogP contribution >= 0.6 is 0 Å². The Labute approximate surface area is 136 Å². The van der Waals surface area contributed by atoms with E-state index in [-0.39, 0.29) is 5.91 Å². The number of furan rings is 1. The summed E-state index contributed by atoms with van der Waals surface area (Å²) in [5.74, 6) is 0.191. The first-order chi connectivity index (χ1) is 11.1. The number of carbonyl (C=O) groups excluding carboxylic acids is 1. The van der Waals surface area contributed by atoms with E-state index in [0.29, 0.717) is 5.76 Å². The number of amides is 1. The topological polar surface area (TPSA) is 42.2 Å². The number of benzene rings is 2. The SMILES string of the molecule is CCc1ccc2oc(C(=O)Nc3ccccc3CC)c(C)c2c1. The lowest BCUT2D eigenvalue weighted by Gasteiger charge is -2.08. The Morgan fingerprint density at radius 3 is 2.61 bits per heavy atom. The average Bonchev–Trinajstić information content (AvgIpc) is 2.91. The molecule has 3 nitrogen and oxygen atoms in total. The molecule has 0 aliphatic rings. The summed E-state index contributed by atoms with van der Waals surface area (Å²) in [6.45, 7) is 6.13. The van der Waals surface area contributed by atoms with E-state index in [1.165, 1.54) is 5.56 Å². The minimum Gasteiger partial charge on any atom is -0.451 e. The highest BCUT2D eigenvalue weighted by Crippen LogP contribution is 2.27. The first-order valence-electron chi connectivity index (χ1n) is 8.05. The molecule has 2 aromatic carbocycles. The molecule has 0 saturated heterocycles. The van der Waals surface area contributed by atoms with Crippen LogP contribution in [0.1, 0.15) is 41.1 Å². The van der Waals surface area contributed by atoms with E-state index in [1.807, 2.05) is 43.3 Å². The number of carbonyl (C=O) groups is 1. The van der Waals surface area contributed by atoms with Crippen LogP contribution in [0.4, 0.5) is 5.69 Å². The summed E-state index contributed by atoms with van der Waals surface area (Å²) in [5.41, 5.74) is 4.84. The van der Waals surface area contributed by atoms with Gasteiger partial charge in [-0.1, -0.05) is 38.1 Å². The number of aryl methyl sites for hydroxylation is 3. The largest absolute Gasteiger partial charge is 0.451 e. The van der Waals surface area contributed by atoms with Gasteiger partial charge in [0.05, 0.1) is 0 Å². The quantitative estimate of drug-likeness (QED) is 0.727. The van der Waals surface area contributed by atoms with Gasteiger partial charge in [0.2, 0.25) is 0 Å². The highest BCUT2D eigenvalue weighted by Gasteiger charge is 2.18. The van der Waals surface area contributed by atoms with Crippen LogP contribution < -0.4 is 5.32 Å². The third kappa shape index (κ3) is 2.87. The Morgan fingerprint density at radius 1 is 1.09 bits per heavy atom. The zero-order valence-electron chi connectivity index (χ0n) is 13.8. The van der Waals surface area contributed by atoms with E-state index in [1.54, 1.807) is 0 Å². The molecule has 1 amide bonds. The first kappa shape index (κ1) is 15.3. The van der Waals surface area contributed by atoms with Crippen molar-refractivity contribution in [2.45, 2.75) is 33.6 Å². The molecular weight excluding hydrogens is 286 g/mol. The molecule has 1 N–H and O–H groups in total. The summed E-state index contributed by atoms with van der Waals surface area (Å²) in [4.78, 5) is 12.6. The minimum atomic E-state index is -0.197.